The molecule has 0 bridgehead atoms. The second kappa shape index (κ2) is 9.08. The number of nitriles is 1. The smallest absolute Gasteiger partial charge is 0.414 e. The second-order valence-electron chi connectivity index (χ2n) is 7.61. The SMILES string of the molecule is CC(CCO)n1/c(=N/C(=O)c2cccc(C#N)c2)[nH]c2cc(N3CCCOC3=O)ccc21. The van der Waals surface area contributed by atoms with Gasteiger partial charge in [0.05, 0.1) is 29.3 Å². The lowest BCUT2D eigenvalue weighted by Gasteiger charge is -2.26. The summed E-state index contributed by atoms with van der Waals surface area (Å²) in [7, 11) is 0. The first-order chi connectivity index (χ1) is 15.5. The maximum absolute atomic E-state index is 12.8. The quantitative estimate of drug-likeness (QED) is 0.640. The van der Waals surface area contributed by atoms with Crippen LogP contribution in [0.4, 0.5) is 10.5 Å². The fourth-order valence-electron chi connectivity index (χ4n) is 3.81. The molecule has 1 aromatic heterocycles. The highest BCUT2D eigenvalue weighted by molar-refractivity contribution is 5.95. The number of hydrogen-bond acceptors (Lipinski definition) is 5. The van der Waals surface area contributed by atoms with Crippen LogP contribution in [0.2, 0.25) is 0 Å². The van der Waals surface area contributed by atoms with E-state index in [0.717, 1.165) is 11.9 Å². The number of amides is 2. The normalized spacial score (nSPS) is 15.5. The average Bonchev–Trinajstić information content (AvgIpc) is 3.16. The lowest BCUT2D eigenvalue weighted by atomic mass is 10.1. The highest BCUT2D eigenvalue weighted by Crippen LogP contribution is 2.25. The van der Waals surface area contributed by atoms with Crippen molar-refractivity contribution in [2.45, 2.75) is 25.8 Å². The number of rotatable bonds is 5. The Morgan fingerprint density at radius 3 is 2.94 bits per heavy atom. The molecule has 1 atom stereocenters. The molecule has 1 unspecified atom stereocenters. The summed E-state index contributed by atoms with van der Waals surface area (Å²) in [4.78, 5) is 34.0. The van der Waals surface area contributed by atoms with Gasteiger partial charge in [0, 0.05) is 30.4 Å². The minimum atomic E-state index is -0.488. The Hall–Kier alpha value is -3.90. The van der Waals surface area contributed by atoms with Crippen LogP contribution in [0.25, 0.3) is 11.0 Å². The predicted molar refractivity (Wildman–Crippen MR) is 117 cm³/mol. The number of ether oxygens (including phenoxy) is 1. The van der Waals surface area contributed by atoms with Gasteiger partial charge < -0.3 is 19.4 Å². The number of nitrogens with zero attached hydrogens (tertiary/aromatic N) is 4. The number of aromatic nitrogens is 2. The first-order valence-corrected chi connectivity index (χ1v) is 10.4. The van der Waals surface area contributed by atoms with E-state index >= 15 is 0 Å². The molecule has 2 aromatic carbocycles. The van der Waals surface area contributed by atoms with Crippen LogP contribution < -0.4 is 10.5 Å². The van der Waals surface area contributed by atoms with Gasteiger partial charge >= 0.3 is 6.09 Å². The van der Waals surface area contributed by atoms with Crippen molar-refractivity contribution in [2.24, 2.45) is 4.99 Å². The molecule has 1 aliphatic heterocycles. The molecule has 32 heavy (non-hydrogen) atoms. The van der Waals surface area contributed by atoms with Gasteiger partial charge in [-0.3, -0.25) is 9.69 Å². The monoisotopic (exact) mass is 433 g/mol. The number of carbonyl (C=O) groups excluding carboxylic acids is 2. The Labute approximate surface area is 184 Å². The minimum Gasteiger partial charge on any atom is -0.449 e. The number of aliphatic hydroxyl groups is 1. The molecule has 0 saturated carbocycles. The van der Waals surface area contributed by atoms with Gasteiger partial charge in [0.2, 0.25) is 5.62 Å². The number of hydrogen-bond donors (Lipinski definition) is 2. The Balaban J connectivity index is 1.82. The number of cyclic esters (lactones) is 1. The summed E-state index contributed by atoms with van der Waals surface area (Å²) >= 11 is 0. The van der Waals surface area contributed by atoms with Crippen LogP contribution in [-0.4, -0.2) is 46.4 Å². The molecule has 0 spiro atoms. The van der Waals surface area contributed by atoms with Crippen LogP contribution in [0.1, 0.15) is 41.7 Å². The lowest BCUT2D eigenvalue weighted by molar-refractivity contribution is 0.0996. The standard InChI is InChI=1S/C23H23N5O4/c1-15(8-10-29)28-20-7-6-18(27-9-3-11-32-23(27)31)13-19(20)25-22(28)26-21(30)17-5-2-4-16(12-17)14-24/h2,4-7,12-13,15,29H,3,8-11H2,1H3,(H,25,26,30). The Bertz CT molecular complexity index is 1280. The van der Waals surface area contributed by atoms with E-state index in [9.17, 15) is 14.7 Å². The molecule has 2 amide bonds. The van der Waals surface area contributed by atoms with Crippen molar-refractivity contribution >= 4 is 28.7 Å². The van der Waals surface area contributed by atoms with Gasteiger partial charge in [-0.25, -0.2) is 4.79 Å². The number of H-pyrrole nitrogens is 1. The first-order valence-electron chi connectivity index (χ1n) is 10.4. The number of aliphatic hydroxyl groups excluding tert-OH is 1. The van der Waals surface area contributed by atoms with Crippen LogP contribution in [0, 0.1) is 11.3 Å². The zero-order chi connectivity index (χ0) is 22.7. The molecule has 9 heteroatoms. The predicted octanol–water partition coefficient (Wildman–Crippen LogP) is 2.87. The summed E-state index contributed by atoms with van der Waals surface area (Å²) in [6, 6.07) is 13.7. The van der Waals surface area contributed by atoms with E-state index in [1.165, 1.54) is 6.07 Å². The fourth-order valence-corrected chi connectivity index (χ4v) is 3.81. The third-order valence-electron chi connectivity index (χ3n) is 5.43. The van der Waals surface area contributed by atoms with Gasteiger partial charge in [-0.2, -0.15) is 10.3 Å². The van der Waals surface area contributed by atoms with Gasteiger partial charge in [0.25, 0.3) is 5.91 Å². The summed E-state index contributed by atoms with van der Waals surface area (Å²) in [6.45, 7) is 2.89. The summed E-state index contributed by atoms with van der Waals surface area (Å²) < 4.78 is 6.99. The van der Waals surface area contributed by atoms with Crippen LogP contribution in [0.3, 0.4) is 0 Å². The largest absolute Gasteiger partial charge is 0.449 e. The van der Waals surface area contributed by atoms with Crippen LogP contribution in [0.5, 0.6) is 0 Å². The molecule has 164 valence electrons. The lowest BCUT2D eigenvalue weighted by Crippen LogP contribution is -2.37. The van der Waals surface area contributed by atoms with Crippen molar-refractivity contribution in [2.75, 3.05) is 24.7 Å². The Kier molecular flexibility index (Phi) is 6.05. The summed E-state index contributed by atoms with van der Waals surface area (Å²) in [6.07, 6.45) is 0.832. The van der Waals surface area contributed by atoms with Crippen molar-refractivity contribution in [3.63, 3.8) is 0 Å². The van der Waals surface area contributed by atoms with E-state index in [2.05, 4.69) is 9.98 Å². The van der Waals surface area contributed by atoms with E-state index in [-0.39, 0.29) is 18.7 Å². The Morgan fingerprint density at radius 1 is 1.34 bits per heavy atom. The first kappa shape index (κ1) is 21.3. The second-order valence-corrected chi connectivity index (χ2v) is 7.61. The number of aromatic amines is 1. The number of fused-ring (bicyclic) bond motifs is 1. The maximum atomic E-state index is 12.8. The highest BCUT2D eigenvalue weighted by Gasteiger charge is 2.22. The molecular formula is C23H23N5O4. The van der Waals surface area contributed by atoms with Gasteiger partial charge in [0.15, 0.2) is 0 Å². The number of benzene rings is 2. The van der Waals surface area contributed by atoms with Gasteiger partial charge in [-0.1, -0.05) is 6.07 Å². The number of anilines is 1. The molecule has 1 fully saturated rings. The van der Waals surface area contributed by atoms with E-state index in [4.69, 9.17) is 10.00 Å². The molecule has 0 aliphatic carbocycles. The summed E-state index contributed by atoms with van der Waals surface area (Å²) in [5.74, 6) is -0.488. The summed E-state index contributed by atoms with van der Waals surface area (Å²) in [5, 5.41) is 18.5. The van der Waals surface area contributed by atoms with Gasteiger partial charge in [-0.15, -0.1) is 0 Å². The number of imidazole rings is 1. The molecule has 2 N–H and O–H groups in total. The molecular weight excluding hydrogens is 410 g/mol. The van der Waals surface area contributed by atoms with Crippen molar-refractivity contribution in [3.8, 4) is 6.07 Å². The van der Waals surface area contributed by atoms with Gasteiger partial charge in [-0.05, 0) is 56.2 Å². The molecule has 0 radical (unpaired) electrons. The molecule has 9 nitrogen and oxygen atoms in total. The van der Waals surface area contributed by atoms with Crippen molar-refractivity contribution < 1.29 is 19.4 Å². The zero-order valence-corrected chi connectivity index (χ0v) is 17.6. The van der Waals surface area contributed by atoms with Crippen molar-refractivity contribution in [1.29, 1.82) is 5.26 Å². The van der Waals surface area contributed by atoms with E-state index in [1.807, 2.05) is 35.8 Å². The van der Waals surface area contributed by atoms with Crippen LogP contribution in [0.15, 0.2) is 47.5 Å². The average molecular weight is 433 g/mol. The molecule has 2 heterocycles. The fraction of sp³-hybridized carbons (Fsp3) is 0.304. The molecule has 4 rings (SSSR count). The highest BCUT2D eigenvalue weighted by atomic mass is 16.6. The van der Waals surface area contributed by atoms with E-state index in [1.54, 1.807) is 23.1 Å². The Morgan fingerprint density at radius 2 is 2.19 bits per heavy atom. The van der Waals surface area contributed by atoms with Crippen LogP contribution >= 0.6 is 0 Å². The number of carbonyl (C=O) groups is 2. The molecule has 1 saturated heterocycles. The number of nitrogens with one attached hydrogen (secondary N) is 1. The van der Waals surface area contributed by atoms with Crippen LogP contribution in [-0.2, 0) is 4.74 Å². The molecule has 1 aliphatic rings. The van der Waals surface area contributed by atoms with Crippen molar-refractivity contribution in [3.05, 3.63) is 59.2 Å². The van der Waals surface area contributed by atoms with Crippen molar-refractivity contribution in [1.82, 2.24) is 9.55 Å². The van der Waals surface area contributed by atoms with Gasteiger partial charge in [0.1, 0.15) is 0 Å². The molecule has 3 aromatic rings. The minimum absolute atomic E-state index is 0.0177. The van der Waals surface area contributed by atoms with E-state index in [0.29, 0.717) is 47.5 Å². The van der Waals surface area contributed by atoms with E-state index < -0.39 is 5.91 Å². The third-order valence-corrected chi connectivity index (χ3v) is 5.43. The maximum Gasteiger partial charge on any atom is 0.414 e. The third kappa shape index (κ3) is 4.13. The zero-order valence-electron chi connectivity index (χ0n) is 17.6. The topological polar surface area (TPSA) is 124 Å². The summed E-state index contributed by atoms with van der Waals surface area (Å²) in [5.41, 5.74) is 3.18.